The van der Waals surface area contributed by atoms with Gasteiger partial charge in [-0.15, -0.1) is 0 Å². The lowest BCUT2D eigenvalue weighted by atomic mass is 9.98. The van der Waals surface area contributed by atoms with E-state index in [-0.39, 0.29) is 18.6 Å². The van der Waals surface area contributed by atoms with Gasteiger partial charge < -0.3 is 14.4 Å². The quantitative estimate of drug-likeness (QED) is 0.494. The summed E-state index contributed by atoms with van der Waals surface area (Å²) in [5, 5.41) is 3.38. The Labute approximate surface area is 202 Å². The molecule has 178 valence electrons. The van der Waals surface area contributed by atoms with Crippen LogP contribution in [0.2, 0.25) is 10.0 Å². The summed E-state index contributed by atoms with van der Waals surface area (Å²) in [5.74, 6) is -0.316. The fraction of sp³-hybridized carbons (Fsp3) is 0.417. The first-order valence-electron chi connectivity index (χ1n) is 10.7. The van der Waals surface area contributed by atoms with Crippen molar-refractivity contribution in [2.24, 2.45) is 5.92 Å². The maximum Gasteiger partial charge on any atom is 0.411 e. The Bertz CT molecular complexity index is 1020. The van der Waals surface area contributed by atoms with E-state index >= 15 is 0 Å². The number of halogens is 3. The van der Waals surface area contributed by atoms with E-state index in [4.69, 9.17) is 32.7 Å². The van der Waals surface area contributed by atoms with Crippen LogP contribution in [0, 0.1) is 11.7 Å². The number of ether oxygens (including phenoxy) is 2. The Morgan fingerprint density at radius 2 is 1.79 bits per heavy atom. The summed E-state index contributed by atoms with van der Waals surface area (Å²) < 4.78 is 24.7. The van der Waals surface area contributed by atoms with Crippen LogP contribution < -0.4 is 5.32 Å². The number of carbonyl (C=O) groups excluding carboxylic acids is 2. The highest BCUT2D eigenvalue weighted by molar-refractivity contribution is 6.42. The van der Waals surface area contributed by atoms with Crippen LogP contribution >= 0.6 is 23.2 Å². The zero-order valence-electron chi connectivity index (χ0n) is 18.8. The third-order valence-electron chi connectivity index (χ3n) is 5.17. The predicted octanol–water partition coefficient (Wildman–Crippen LogP) is 7.00. The molecule has 0 aliphatic carbocycles. The summed E-state index contributed by atoms with van der Waals surface area (Å²) in [6.07, 6.45) is 0.443. The summed E-state index contributed by atoms with van der Waals surface area (Å²) in [6, 6.07) is 8.93. The van der Waals surface area contributed by atoms with Crippen LogP contribution in [0.3, 0.4) is 0 Å². The van der Waals surface area contributed by atoms with Gasteiger partial charge in [0.25, 0.3) is 0 Å². The molecule has 2 aromatic carbocycles. The largest absolute Gasteiger partial charge is 0.449 e. The van der Waals surface area contributed by atoms with E-state index in [0.717, 1.165) is 0 Å². The van der Waals surface area contributed by atoms with Crippen molar-refractivity contribution in [1.29, 1.82) is 0 Å². The normalized spacial score (nSPS) is 14.7. The van der Waals surface area contributed by atoms with Crippen molar-refractivity contribution < 1.29 is 23.5 Å². The van der Waals surface area contributed by atoms with Gasteiger partial charge >= 0.3 is 12.2 Å². The molecule has 1 fully saturated rings. The molecule has 6 nitrogen and oxygen atoms in total. The number of piperidine rings is 1. The van der Waals surface area contributed by atoms with E-state index in [1.165, 1.54) is 18.2 Å². The number of hydrogen-bond acceptors (Lipinski definition) is 4. The molecule has 0 spiro atoms. The molecule has 1 N–H and O–H groups in total. The van der Waals surface area contributed by atoms with Crippen molar-refractivity contribution in [1.82, 2.24) is 4.90 Å². The summed E-state index contributed by atoms with van der Waals surface area (Å²) >= 11 is 12.1. The zero-order chi connectivity index (χ0) is 24.2. The Kier molecular flexibility index (Phi) is 8.08. The van der Waals surface area contributed by atoms with Gasteiger partial charge in [0.2, 0.25) is 0 Å². The van der Waals surface area contributed by atoms with E-state index in [9.17, 15) is 14.0 Å². The lowest BCUT2D eigenvalue weighted by Crippen LogP contribution is -2.42. The molecule has 3 rings (SSSR count). The van der Waals surface area contributed by atoms with Gasteiger partial charge in [-0.25, -0.2) is 14.0 Å². The number of anilines is 1. The minimum atomic E-state index is -0.641. The number of amides is 2. The molecule has 2 amide bonds. The van der Waals surface area contributed by atoms with Crippen molar-refractivity contribution in [3.63, 3.8) is 0 Å². The van der Waals surface area contributed by atoms with Gasteiger partial charge in [0.1, 0.15) is 11.4 Å². The summed E-state index contributed by atoms with van der Waals surface area (Å²) in [6.45, 7) is 6.81. The summed E-state index contributed by atoms with van der Waals surface area (Å²) in [4.78, 5) is 26.3. The molecule has 1 aliphatic heterocycles. The van der Waals surface area contributed by atoms with Crippen LogP contribution in [0.5, 0.6) is 0 Å². The minimum Gasteiger partial charge on any atom is -0.449 e. The molecule has 9 heteroatoms. The lowest BCUT2D eigenvalue weighted by molar-refractivity contribution is 0.0153. The van der Waals surface area contributed by atoms with Crippen molar-refractivity contribution in [3.8, 4) is 11.1 Å². The maximum absolute atomic E-state index is 13.9. The van der Waals surface area contributed by atoms with Crippen LogP contribution in [-0.2, 0) is 9.47 Å². The monoisotopic (exact) mass is 496 g/mol. The minimum absolute atomic E-state index is 0.136. The Morgan fingerprint density at radius 1 is 1.09 bits per heavy atom. The predicted molar refractivity (Wildman–Crippen MR) is 127 cm³/mol. The second kappa shape index (κ2) is 10.6. The molecular formula is C24H27Cl2FN2O4. The number of benzene rings is 2. The Balaban J connectivity index is 1.55. The van der Waals surface area contributed by atoms with E-state index < -0.39 is 17.5 Å². The fourth-order valence-electron chi connectivity index (χ4n) is 3.48. The average molecular weight is 497 g/mol. The zero-order valence-corrected chi connectivity index (χ0v) is 20.3. The maximum atomic E-state index is 13.9. The number of nitrogens with one attached hydrogen (secondary N) is 1. The second-order valence-corrected chi connectivity index (χ2v) is 9.77. The lowest BCUT2D eigenvalue weighted by Gasteiger charge is -2.33. The molecule has 0 atom stereocenters. The van der Waals surface area contributed by atoms with Crippen LogP contribution in [0.15, 0.2) is 36.4 Å². The van der Waals surface area contributed by atoms with Crippen molar-refractivity contribution in [3.05, 3.63) is 52.3 Å². The van der Waals surface area contributed by atoms with Crippen LogP contribution in [-0.4, -0.2) is 42.4 Å². The number of hydrogen-bond donors (Lipinski definition) is 1. The average Bonchev–Trinajstić information content (AvgIpc) is 2.74. The van der Waals surface area contributed by atoms with Gasteiger partial charge in [-0.1, -0.05) is 29.3 Å². The van der Waals surface area contributed by atoms with Crippen molar-refractivity contribution >= 4 is 41.1 Å². The topological polar surface area (TPSA) is 67.9 Å². The van der Waals surface area contributed by atoms with Crippen LogP contribution in [0.4, 0.5) is 19.7 Å². The SMILES string of the molecule is CC(C)(C)OC(=O)N1CCC(COC(=O)Nc2ccc(F)cc2-c2ccc(Cl)c(Cl)c2)CC1. The summed E-state index contributed by atoms with van der Waals surface area (Å²) in [7, 11) is 0. The first-order valence-corrected chi connectivity index (χ1v) is 11.4. The number of rotatable bonds is 4. The van der Waals surface area contributed by atoms with Gasteiger partial charge in [-0.2, -0.15) is 0 Å². The second-order valence-electron chi connectivity index (χ2n) is 8.95. The Morgan fingerprint density at radius 3 is 2.42 bits per heavy atom. The highest BCUT2D eigenvalue weighted by Gasteiger charge is 2.27. The van der Waals surface area contributed by atoms with Crippen molar-refractivity contribution in [2.75, 3.05) is 25.0 Å². The fourth-order valence-corrected chi connectivity index (χ4v) is 3.77. The standard InChI is InChI=1S/C24H27Cl2FN2O4/c1-24(2,3)33-23(31)29-10-8-15(9-11-29)14-32-22(30)28-21-7-5-17(27)13-18(21)16-4-6-19(25)20(26)12-16/h4-7,12-13,15H,8-11,14H2,1-3H3,(H,28,30). The molecule has 0 saturated carbocycles. The molecular weight excluding hydrogens is 470 g/mol. The number of likely N-dealkylation sites (tertiary alicyclic amines) is 1. The van der Waals surface area contributed by atoms with E-state index in [1.807, 2.05) is 20.8 Å². The van der Waals surface area contributed by atoms with Crippen LogP contribution in [0.1, 0.15) is 33.6 Å². The number of nitrogens with zero attached hydrogens (tertiary/aromatic N) is 1. The van der Waals surface area contributed by atoms with Gasteiger partial charge in [0.05, 0.1) is 22.3 Å². The Hall–Kier alpha value is -2.51. The smallest absolute Gasteiger partial charge is 0.411 e. The molecule has 1 aliphatic rings. The molecule has 0 aromatic heterocycles. The molecule has 1 saturated heterocycles. The first kappa shape index (κ1) is 25.1. The third kappa shape index (κ3) is 7.24. The van der Waals surface area contributed by atoms with Gasteiger partial charge in [-0.3, -0.25) is 5.32 Å². The van der Waals surface area contributed by atoms with Gasteiger partial charge in [0, 0.05) is 18.7 Å². The van der Waals surface area contributed by atoms with E-state index in [1.54, 1.807) is 23.1 Å². The van der Waals surface area contributed by atoms with Gasteiger partial charge in [0.15, 0.2) is 0 Å². The molecule has 1 heterocycles. The molecule has 0 bridgehead atoms. The number of carbonyl (C=O) groups is 2. The van der Waals surface area contributed by atoms with Crippen LogP contribution in [0.25, 0.3) is 11.1 Å². The molecule has 0 radical (unpaired) electrons. The highest BCUT2D eigenvalue weighted by Crippen LogP contribution is 2.33. The highest BCUT2D eigenvalue weighted by atomic mass is 35.5. The summed E-state index contributed by atoms with van der Waals surface area (Å²) in [5.41, 5.74) is 0.913. The van der Waals surface area contributed by atoms with E-state index in [2.05, 4.69) is 5.32 Å². The molecule has 2 aromatic rings. The molecule has 0 unspecified atom stereocenters. The van der Waals surface area contributed by atoms with E-state index in [0.29, 0.717) is 52.8 Å². The molecule has 33 heavy (non-hydrogen) atoms. The first-order chi connectivity index (χ1) is 15.5. The third-order valence-corrected chi connectivity index (χ3v) is 5.90. The van der Waals surface area contributed by atoms with Crippen molar-refractivity contribution in [2.45, 2.75) is 39.2 Å². The van der Waals surface area contributed by atoms with Gasteiger partial charge in [-0.05, 0) is 75.4 Å².